The second-order valence-corrected chi connectivity index (χ2v) is 6.78. The van der Waals surface area contributed by atoms with Crippen LogP contribution in [0.1, 0.15) is 39.5 Å². The molecule has 0 saturated heterocycles. The van der Waals surface area contributed by atoms with Gasteiger partial charge < -0.3 is 0 Å². The van der Waals surface area contributed by atoms with Crippen LogP contribution in [-0.4, -0.2) is 15.6 Å². The number of hydrogen-bond acceptors (Lipinski definition) is 2. The number of Topliss-reactive ketones (excluding diaryl/α,β-unsaturated/α-hetero) is 1. The van der Waals surface area contributed by atoms with Crippen LogP contribution in [0.4, 0.5) is 0 Å². The Morgan fingerprint density at radius 1 is 1.12 bits per heavy atom. The fourth-order valence-corrected chi connectivity index (χ4v) is 3.62. The highest BCUT2D eigenvalue weighted by atomic mass is 35.5. The van der Waals surface area contributed by atoms with Crippen LogP contribution in [-0.2, 0) is 6.42 Å². The monoisotopic (exact) mass is 336 g/mol. The second-order valence-electron chi connectivity index (χ2n) is 6.34. The smallest absolute Gasteiger partial charge is 0.166 e. The van der Waals surface area contributed by atoms with Gasteiger partial charge in [0, 0.05) is 11.4 Å². The van der Waals surface area contributed by atoms with Gasteiger partial charge in [-0.1, -0.05) is 35.9 Å². The Balaban J connectivity index is 1.76. The predicted octanol–water partition coefficient (Wildman–Crippen LogP) is 4.75. The zero-order valence-corrected chi connectivity index (χ0v) is 14.1. The van der Waals surface area contributed by atoms with E-state index in [4.69, 9.17) is 11.6 Å². The molecular formula is C20H17ClN2O. The zero-order chi connectivity index (χ0) is 16.7. The van der Waals surface area contributed by atoms with Gasteiger partial charge in [-0.05, 0) is 54.7 Å². The van der Waals surface area contributed by atoms with E-state index >= 15 is 0 Å². The van der Waals surface area contributed by atoms with E-state index in [0.717, 1.165) is 28.9 Å². The first-order valence-electron chi connectivity index (χ1n) is 8.04. The number of carbonyl (C=O) groups is 1. The van der Waals surface area contributed by atoms with Crippen molar-refractivity contribution in [1.29, 1.82) is 0 Å². The van der Waals surface area contributed by atoms with Crippen molar-refractivity contribution < 1.29 is 4.79 Å². The van der Waals surface area contributed by atoms with E-state index in [0.29, 0.717) is 11.4 Å². The quantitative estimate of drug-likeness (QED) is 0.677. The lowest BCUT2D eigenvalue weighted by Gasteiger charge is -2.23. The Morgan fingerprint density at radius 2 is 1.96 bits per heavy atom. The van der Waals surface area contributed by atoms with E-state index in [1.807, 2.05) is 41.1 Å². The molecule has 0 N–H and O–H groups in total. The summed E-state index contributed by atoms with van der Waals surface area (Å²) in [6.45, 7) is 2.05. The Hall–Kier alpha value is -2.39. The number of aromatic nitrogens is 2. The lowest BCUT2D eigenvalue weighted by Crippen LogP contribution is -2.20. The van der Waals surface area contributed by atoms with Crippen molar-refractivity contribution in [2.75, 3.05) is 0 Å². The standard InChI is InChI=1S/C20H17ClN2O/c1-13-4-2-7-17(8-13)23-19-10-15(11-20(24)18(19)12-22-23)14-5-3-6-16(21)9-14/h2-9,12,15H,10-11H2,1H3/t15-/m1/s1. The molecule has 0 bridgehead atoms. The average Bonchev–Trinajstić information content (AvgIpc) is 2.99. The van der Waals surface area contributed by atoms with Crippen molar-refractivity contribution in [1.82, 2.24) is 9.78 Å². The summed E-state index contributed by atoms with van der Waals surface area (Å²) in [5.41, 5.74) is 5.01. The number of carbonyl (C=O) groups excluding carboxylic acids is 1. The number of halogens is 1. The summed E-state index contributed by atoms with van der Waals surface area (Å²) in [4.78, 5) is 12.6. The molecule has 24 heavy (non-hydrogen) atoms. The molecule has 2 aromatic carbocycles. The summed E-state index contributed by atoms with van der Waals surface area (Å²) in [5, 5.41) is 5.18. The molecule has 0 radical (unpaired) electrons. The average molecular weight is 337 g/mol. The van der Waals surface area contributed by atoms with Crippen LogP contribution in [0, 0.1) is 6.92 Å². The lowest BCUT2D eigenvalue weighted by molar-refractivity contribution is 0.0963. The second kappa shape index (κ2) is 5.91. The fourth-order valence-electron chi connectivity index (χ4n) is 3.42. The Kier molecular flexibility index (Phi) is 3.73. The summed E-state index contributed by atoms with van der Waals surface area (Å²) in [5.74, 6) is 0.295. The molecule has 1 atom stereocenters. The van der Waals surface area contributed by atoms with Gasteiger partial charge in [0.15, 0.2) is 5.78 Å². The van der Waals surface area contributed by atoms with E-state index in [2.05, 4.69) is 24.2 Å². The van der Waals surface area contributed by atoms with Crippen LogP contribution < -0.4 is 0 Å². The number of rotatable bonds is 2. The largest absolute Gasteiger partial charge is 0.294 e. The number of fused-ring (bicyclic) bond motifs is 1. The molecule has 1 aromatic heterocycles. The highest BCUT2D eigenvalue weighted by molar-refractivity contribution is 6.30. The highest BCUT2D eigenvalue weighted by Gasteiger charge is 2.30. The van der Waals surface area contributed by atoms with Crippen LogP contribution in [0.2, 0.25) is 5.02 Å². The van der Waals surface area contributed by atoms with Crippen LogP contribution in [0.15, 0.2) is 54.7 Å². The van der Waals surface area contributed by atoms with Gasteiger partial charge in [-0.25, -0.2) is 4.68 Å². The van der Waals surface area contributed by atoms with Gasteiger partial charge in [0.1, 0.15) is 0 Å². The molecule has 0 fully saturated rings. The number of benzene rings is 2. The molecule has 4 rings (SSSR count). The maximum Gasteiger partial charge on any atom is 0.166 e. The number of aryl methyl sites for hydroxylation is 1. The van der Waals surface area contributed by atoms with Crippen molar-refractivity contribution in [3.05, 3.63) is 82.1 Å². The number of ketones is 1. The molecular weight excluding hydrogens is 320 g/mol. The minimum Gasteiger partial charge on any atom is -0.294 e. The topological polar surface area (TPSA) is 34.9 Å². The molecule has 0 unspecified atom stereocenters. The first-order valence-corrected chi connectivity index (χ1v) is 8.42. The van der Waals surface area contributed by atoms with Crippen LogP contribution in [0.5, 0.6) is 0 Å². The van der Waals surface area contributed by atoms with Gasteiger partial charge in [0.25, 0.3) is 0 Å². The molecule has 1 heterocycles. The van der Waals surface area contributed by atoms with E-state index in [-0.39, 0.29) is 11.7 Å². The van der Waals surface area contributed by atoms with Gasteiger partial charge in [-0.3, -0.25) is 4.79 Å². The molecule has 3 nitrogen and oxygen atoms in total. The number of hydrogen-bond donors (Lipinski definition) is 0. The van der Waals surface area contributed by atoms with Crippen molar-refractivity contribution in [2.24, 2.45) is 0 Å². The first-order chi connectivity index (χ1) is 11.6. The summed E-state index contributed by atoms with van der Waals surface area (Å²) in [7, 11) is 0. The third-order valence-electron chi connectivity index (χ3n) is 4.61. The van der Waals surface area contributed by atoms with Crippen molar-refractivity contribution in [2.45, 2.75) is 25.7 Å². The lowest BCUT2D eigenvalue weighted by atomic mass is 9.82. The first kappa shape index (κ1) is 15.2. The predicted molar refractivity (Wildman–Crippen MR) is 95.1 cm³/mol. The van der Waals surface area contributed by atoms with Crippen LogP contribution in [0.3, 0.4) is 0 Å². The molecule has 0 amide bonds. The molecule has 0 aliphatic heterocycles. The molecule has 1 aliphatic rings. The fraction of sp³-hybridized carbons (Fsp3) is 0.200. The molecule has 3 aromatic rings. The molecule has 0 saturated carbocycles. The maximum absolute atomic E-state index is 12.6. The zero-order valence-electron chi connectivity index (χ0n) is 13.4. The van der Waals surface area contributed by atoms with E-state index in [1.54, 1.807) is 6.20 Å². The van der Waals surface area contributed by atoms with Crippen molar-refractivity contribution in [3.63, 3.8) is 0 Å². The van der Waals surface area contributed by atoms with Gasteiger partial charge in [-0.2, -0.15) is 5.10 Å². The van der Waals surface area contributed by atoms with E-state index in [1.165, 1.54) is 5.56 Å². The molecule has 1 aliphatic carbocycles. The minimum atomic E-state index is 0.143. The Morgan fingerprint density at radius 3 is 2.75 bits per heavy atom. The van der Waals surface area contributed by atoms with Gasteiger partial charge in [0.05, 0.1) is 23.1 Å². The highest BCUT2D eigenvalue weighted by Crippen LogP contribution is 2.34. The summed E-state index contributed by atoms with van der Waals surface area (Å²) >= 11 is 6.12. The summed E-state index contributed by atoms with van der Waals surface area (Å²) < 4.78 is 1.90. The summed E-state index contributed by atoms with van der Waals surface area (Å²) in [6.07, 6.45) is 3.00. The Labute approximate surface area is 145 Å². The minimum absolute atomic E-state index is 0.143. The van der Waals surface area contributed by atoms with Crippen LogP contribution in [0.25, 0.3) is 5.69 Å². The van der Waals surface area contributed by atoms with Crippen molar-refractivity contribution >= 4 is 17.4 Å². The van der Waals surface area contributed by atoms with Gasteiger partial charge in [-0.15, -0.1) is 0 Å². The summed E-state index contributed by atoms with van der Waals surface area (Å²) in [6, 6.07) is 16.0. The third-order valence-corrected chi connectivity index (χ3v) is 4.84. The van der Waals surface area contributed by atoms with Gasteiger partial charge in [0.2, 0.25) is 0 Å². The number of nitrogens with zero attached hydrogens (tertiary/aromatic N) is 2. The van der Waals surface area contributed by atoms with Gasteiger partial charge >= 0.3 is 0 Å². The van der Waals surface area contributed by atoms with Crippen molar-refractivity contribution in [3.8, 4) is 5.69 Å². The van der Waals surface area contributed by atoms with E-state index < -0.39 is 0 Å². The van der Waals surface area contributed by atoms with Crippen LogP contribution >= 0.6 is 11.6 Å². The molecule has 4 heteroatoms. The Bertz CT molecular complexity index is 929. The normalized spacial score (nSPS) is 16.9. The third kappa shape index (κ3) is 2.65. The van der Waals surface area contributed by atoms with E-state index in [9.17, 15) is 4.79 Å². The molecule has 120 valence electrons. The maximum atomic E-state index is 12.6. The SMILES string of the molecule is Cc1cccc(-n2ncc3c2C[C@@H](c2cccc(Cl)c2)CC3=O)c1. The molecule has 0 spiro atoms.